The van der Waals surface area contributed by atoms with Crippen LogP contribution in [-0.2, 0) is 6.42 Å². The molecule has 0 fully saturated rings. The van der Waals surface area contributed by atoms with Gasteiger partial charge in [0.15, 0.2) is 0 Å². The zero-order valence-corrected chi connectivity index (χ0v) is 15.9. The summed E-state index contributed by atoms with van der Waals surface area (Å²) in [6, 6.07) is 13.5. The summed E-state index contributed by atoms with van der Waals surface area (Å²) >= 11 is 4.76. The number of nitrogens with zero attached hydrogens (tertiary/aromatic N) is 1. The van der Waals surface area contributed by atoms with Gasteiger partial charge >= 0.3 is 51.4 Å². The Morgan fingerprint density at radius 1 is 1.14 bits per heavy atom. The summed E-state index contributed by atoms with van der Waals surface area (Å²) in [5.41, 5.74) is 2.64. The van der Waals surface area contributed by atoms with Gasteiger partial charge in [-0.1, -0.05) is 23.2 Å². The minimum absolute atomic E-state index is 0. The molecule has 1 heterocycles. The molecule has 0 aliphatic heterocycles. The van der Waals surface area contributed by atoms with Gasteiger partial charge in [-0.05, 0) is 36.2 Å². The van der Waals surface area contributed by atoms with E-state index in [4.69, 9.17) is 17.0 Å². The standard InChI is InChI=1S/C16H13NO2S.K/c1-19-10-6-7-15-13(8-10)12(9-16(18)20)11-4-2-3-5-14(11)17-15;/h2-8H,9H2,1H3,(H,18,20);/q;+1/p-1. The smallest absolute Gasteiger partial charge is 0.867 e. The summed E-state index contributed by atoms with van der Waals surface area (Å²) in [5, 5.41) is 13.0. The van der Waals surface area contributed by atoms with Crippen LogP contribution in [0.4, 0.5) is 0 Å². The number of fused-ring (bicyclic) bond motifs is 2. The number of pyridine rings is 1. The molecule has 0 N–H and O–H groups in total. The van der Waals surface area contributed by atoms with Crippen molar-refractivity contribution in [3.63, 3.8) is 0 Å². The second-order valence-electron chi connectivity index (χ2n) is 4.54. The zero-order chi connectivity index (χ0) is 14.1. The molecule has 0 aliphatic rings. The number of thiocarbonyl (C=S) groups is 1. The van der Waals surface area contributed by atoms with Crippen LogP contribution in [0.15, 0.2) is 42.5 Å². The van der Waals surface area contributed by atoms with Gasteiger partial charge in [-0.25, -0.2) is 4.98 Å². The first-order valence-corrected chi connectivity index (χ1v) is 6.65. The molecule has 3 nitrogen and oxygen atoms in total. The molecule has 1 aromatic heterocycles. The van der Waals surface area contributed by atoms with Crippen LogP contribution in [0, 0.1) is 0 Å². The minimum Gasteiger partial charge on any atom is -0.867 e. The van der Waals surface area contributed by atoms with Crippen LogP contribution in [0.25, 0.3) is 21.8 Å². The molecule has 0 saturated heterocycles. The topological polar surface area (TPSA) is 45.2 Å². The van der Waals surface area contributed by atoms with Gasteiger partial charge in [0.1, 0.15) is 5.75 Å². The van der Waals surface area contributed by atoms with Gasteiger partial charge in [0.25, 0.3) is 0 Å². The van der Waals surface area contributed by atoms with Crippen molar-refractivity contribution in [1.29, 1.82) is 0 Å². The molecule has 3 rings (SSSR count). The van der Waals surface area contributed by atoms with Crippen molar-refractivity contribution in [2.24, 2.45) is 0 Å². The maximum absolute atomic E-state index is 11.4. The van der Waals surface area contributed by atoms with E-state index in [2.05, 4.69) is 4.98 Å². The summed E-state index contributed by atoms with van der Waals surface area (Å²) in [5.74, 6) is 0.743. The number of hydrogen-bond acceptors (Lipinski definition) is 4. The Labute approximate surface area is 170 Å². The number of rotatable bonds is 3. The van der Waals surface area contributed by atoms with E-state index >= 15 is 0 Å². The first-order chi connectivity index (χ1) is 9.69. The minimum atomic E-state index is -0.273. The van der Waals surface area contributed by atoms with Crippen LogP contribution < -0.4 is 61.2 Å². The van der Waals surface area contributed by atoms with Crippen molar-refractivity contribution >= 4 is 39.1 Å². The summed E-state index contributed by atoms with van der Waals surface area (Å²) in [6.45, 7) is 0. The van der Waals surface area contributed by atoms with Crippen molar-refractivity contribution in [1.82, 2.24) is 4.98 Å². The second-order valence-corrected chi connectivity index (χ2v) is 4.99. The van der Waals surface area contributed by atoms with Crippen LogP contribution in [0.2, 0.25) is 0 Å². The number of benzene rings is 2. The average Bonchev–Trinajstić information content (AvgIpc) is 2.46. The van der Waals surface area contributed by atoms with Crippen LogP contribution in [0.1, 0.15) is 5.56 Å². The normalized spacial score (nSPS) is 10.3. The fraction of sp³-hybridized carbons (Fsp3) is 0.125. The van der Waals surface area contributed by atoms with E-state index in [9.17, 15) is 5.11 Å². The summed E-state index contributed by atoms with van der Waals surface area (Å²) in [7, 11) is 1.62. The van der Waals surface area contributed by atoms with Gasteiger partial charge in [0.05, 0.1) is 18.1 Å². The van der Waals surface area contributed by atoms with Crippen LogP contribution in [0.5, 0.6) is 5.75 Å². The maximum Gasteiger partial charge on any atom is 1.00 e. The quantitative estimate of drug-likeness (QED) is 0.375. The number of methoxy groups -OCH3 is 1. The number of hydrogen-bond donors (Lipinski definition) is 0. The number of para-hydroxylation sites is 1. The maximum atomic E-state index is 11.4. The molecular formula is C16H12KNO2S. The molecule has 2 aromatic carbocycles. The third-order valence-corrected chi connectivity index (χ3v) is 3.46. The molecule has 0 saturated carbocycles. The Hall–Kier alpha value is -0.564. The number of ether oxygens (including phenoxy) is 1. The Bertz CT molecular complexity index is 820. The predicted octanol–water partition coefficient (Wildman–Crippen LogP) is -0.369. The molecule has 5 heteroatoms. The molecule has 0 amide bonds. The summed E-state index contributed by atoms with van der Waals surface area (Å²) < 4.78 is 5.26. The van der Waals surface area contributed by atoms with Crippen molar-refractivity contribution in [3.8, 4) is 5.75 Å². The van der Waals surface area contributed by atoms with Gasteiger partial charge < -0.3 is 9.84 Å². The van der Waals surface area contributed by atoms with Crippen molar-refractivity contribution in [3.05, 3.63) is 48.0 Å². The van der Waals surface area contributed by atoms with Crippen LogP contribution in [-0.4, -0.2) is 17.1 Å². The van der Waals surface area contributed by atoms with Crippen molar-refractivity contribution in [2.45, 2.75) is 6.42 Å². The molecule has 100 valence electrons. The molecule has 0 bridgehead atoms. The third-order valence-electron chi connectivity index (χ3n) is 3.32. The van der Waals surface area contributed by atoms with E-state index in [1.807, 2.05) is 42.5 Å². The van der Waals surface area contributed by atoms with Crippen molar-refractivity contribution < 1.29 is 61.2 Å². The van der Waals surface area contributed by atoms with Gasteiger partial charge in [0, 0.05) is 10.8 Å². The van der Waals surface area contributed by atoms with E-state index < -0.39 is 0 Å². The van der Waals surface area contributed by atoms with Gasteiger partial charge in [-0.2, -0.15) is 0 Å². The van der Waals surface area contributed by atoms with E-state index in [1.165, 1.54) is 0 Å². The Kier molecular flexibility index (Phi) is 5.71. The average molecular weight is 321 g/mol. The molecule has 0 unspecified atom stereocenters. The molecule has 21 heavy (non-hydrogen) atoms. The molecule has 0 atom stereocenters. The van der Waals surface area contributed by atoms with E-state index in [0.717, 1.165) is 33.1 Å². The molecule has 0 radical (unpaired) electrons. The zero-order valence-electron chi connectivity index (χ0n) is 11.9. The molecule has 0 spiro atoms. The molecule has 3 aromatic rings. The molecular weight excluding hydrogens is 309 g/mol. The van der Waals surface area contributed by atoms with E-state index in [1.54, 1.807) is 7.11 Å². The summed E-state index contributed by atoms with van der Waals surface area (Å²) in [6.07, 6.45) is 0.224. The Morgan fingerprint density at radius 2 is 1.86 bits per heavy atom. The van der Waals surface area contributed by atoms with Crippen LogP contribution >= 0.6 is 12.2 Å². The fourth-order valence-corrected chi connectivity index (χ4v) is 2.56. The van der Waals surface area contributed by atoms with Gasteiger partial charge in [-0.15, -0.1) is 12.2 Å². The first-order valence-electron chi connectivity index (χ1n) is 6.24. The van der Waals surface area contributed by atoms with E-state index in [-0.39, 0.29) is 62.9 Å². The predicted molar refractivity (Wildman–Crippen MR) is 82.1 cm³/mol. The monoisotopic (exact) mass is 321 g/mol. The second kappa shape index (κ2) is 7.13. The number of aromatic nitrogens is 1. The van der Waals surface area contributed by atoms with Gasteiger partial charge in [0.2, 0.25) is 0 Å². The van der Waals surface area contributed by atoms with Gasteiger partial charge in [-0.3, -0.25) is 0 Å². The largest absolute Gasteiger partial charge is 1.00 e. The summed E-state index contributed by atoms with van der Waals surface area (Å²) in [4.78, 5) is 4.62. The first kappa shape index (κ1) is 16.8. The Morgan fingerprint density at radius 3 is 2.57 bits per heavy atom. The van der Waals surface area contributed by atoms with Crippen LogP contribution in [0.3, 0.4) is 0 Å². The van der Waals surface area contributed by atoms with E-state index in [0.29, 0.717) is 0 Å². The molecule has 0 aliphatic carbocycles. The third kappa shape index (κ3) is 3.44. The Balaban J connectivity index is 0.00000161. The fourth-order valence-electron chi connectivity index (χ4n) is 2.42. The van der Waals surface area contributed by atoms with Crippen molar-refractivity contribution in [2.75, 3.05) is 7.11 Å². The SMILES string of the molecule is COc1ccc2nc3ccccc3c(CC([O-])=S)c2c1.[K+].